The Morgan fingerprint density at radius 3 is 3.05 bits per heavy atom. The second-order valence-electron chi connectivity index (χ2n) is 6.55. The number of likely N-dealkylation sites (tertiary alicyclic amines) is 1. The van der Waals surface area contributed by atoms with E-state index in [0.29, 0.717) is 6.04 Å². The average Bonchev–Trinajstić information content (AvgIpc) is 2.95. The van der Waals surface area contributed by atoms with Crippen molar-refractivity contribution in [3.8, 4) is 0 Å². The average molecular weight is 322 g/mol. The summed E-state index contributed by atoms with van der Waals surface area (Å²) in [5.74, 6) is 0.248. The number of nitrogens with one attached hydrogen (secondary N) is 2. The van der Waals surface area contributed by atoms with Gasteiger partial charge >= 0.3 is 0 Å². The Hall–Kier alpha value is -0.980. The van der Waals surface area contributed by atoms with E-state index >= 15 is 0 Å². The van der Waals surface area contributed by atoms with E-state index in [1.165, 1.54) is 32.4 Å². The fraction of sp³-hybridized carbons (Fsp3) is 0.750. The Bertz CT molecular complexity index is 498. The molecule has 0 unspecified atom stereocenters. The highest BCUT2D eigenvalue weighted by Crippen LogP contribution is 2.22. The molecule has 6 heteroatoms. The van der Waals surface area contributed by atoms with Crippen LogP contribution in [0, 0.1) is 5.92 Å². The second-order valence-corrected chi connectivity index (χ2v) is 7.40. The molecule has 3 rings (SSSR count). The summed E-state index contributed by atoms with van der Waals surface area (Å²) < 4.78 is 0. The summed E-state index contributed by atoms with van der Waals surface area (Å²) in [5.41, 5.74) is 1.08. The minimum atomic E-state index is 0.116. The maximum Gasteiger partial charge on any atom is 0.229 e. The lowest BCUT2D eigenvalue weighted by atomic mass is 9.93. The zero-order chi connectivity index (χ0) is 15.4. The number of rotatable bonds is 4. The van der Waals surface area contributed by atoms with Gasteiger partial charge in [0, 0.05) is 23.9 Å². The number of carbonyl (C=O) groups excluding carboxylic acids is 1. The Balaban J connectivity index is 1.51. The maximum atomic E-state index is 12.3. The van der Waals surface area contributed by atoms with E-state index in [0.717, 1.165) is 36.8 Å². The van der Waals surface area contributed by atoms with Crippen molar-refractivity contribution in [1.29, 1.82) is 0 Å². The highest BCUT2D eigenvalue weighted by Gasteiger charge is 2.25. The van der Waals surface area contributed by atoms with Gasteiger partial charge in [0.05, 0.1) is 5.69 Å². The molecule has 3 heterocycles. The van der Waals surface area contributed by atoms with E-state index < -0.39 is 0 Å². The number of anilines is 1. The van der Waals surface area contributed by atoms with E-state index in [2.05, 4.69) is 32.8 Å². The summed E-state index contributed by atoms with van der Waals surface area (Å²) in [5, 5.41) is 9.23. The van der Waals surface area contributed by atoms with Crippen molar-refractivity contribution in [1.82, 2.24) is 15.2 Å². The van der Waals surface area contributed by atoms with Crippen LogP contribution in [0.5, 0.6) is 0 Å². The van der Waals surface area contributed by atoms with Gasteiger partial charge in [-0.2, -0.15) is 0 Å². The predicted molar refractivity (Wildman–Crippen MR) is 90.1 cm³/mol. The first-order chi connectivity index (χ1) is 10.7. The minimum Gasteiger partial charge on any atom is -0.314 e. The molecule has 2 saturated heterocycles. The Morgan fingerprint density at radius 2 is 2.27 bits per heavy atom. The van der Waals surface area contributed by atoms with Gasteiger partial charge in [-0.1, -0.05) is 6.42 Å². The second kappa shape index (κ2) is 7.53. The van der Waals surface area contributed by atoms with Crippen LogP contribution in [0.1, 0.15) is 44.7 Å². The molecule has 1 aromatic heterocycles. The molecule has 5 nitrogen and oxygen atoms in total. The smallest absolute Gasteiger partial charge is 0.229 e. The molecule has 2 aliphatic rings. The third-order valence-electron chi connectivity index (χ3n) is 4.61. The van der Waals surface area contributed by atoms with Crippen LogP contribution < -0.4 is 10.6 Å². The quantitative estimate of drug-likeness (QED) is 0.894. The molecule has 0 spiro atoms. The van der Waals surface area contributed by atoms with E-state index in [4.69, 9.17) is 0 Å². The largest absolute Gasteiger partial charge is 0.314 e. The summed E-state index contributed by atoms with van der Waals surface area (Å²) in [6, 6.07) is 0.426. The van der Waals surface area contributed by atoms with Crippen LogP contribution in [-0.2, 0) is 11.3 Å². The topological polar surface area (TPSA) is 57.3 Å². The van der Waals surface area contributed by atoms with Gasteiger partial charge < -0.3 is 10.6 Å². The Labute approximate surface area is 136 Å². The first-order valence-electron chi connectivity index (χ1n) is 8.42. The van der Waals surface area contributed by atoms with Crippen LogP contribution in [0.15, 0.2) is 5.38 Å². The standard InChI is InChI=1S/C16H26N4OS/c1-12-9-13(5-6-17-12)15(21)19-16-18-14(11-22-16)10-20-7-3-2-4-8-20/h11-13,17H,2-10H2,1H3,(H,18,19,21)/t12-,13-/m0/s1. The van der Waals surface area contributed by atoms with Gasteiger partial charge in [0.25, 0.3) is 0 Å². The van der Waals surface area contributed by atoms with Crippen LogP contribution in [0.25, 0.3) is 0 Å². The highest BCUT2D eigenvalue weighted by atomic mass is 32.1. The molecule has 2 fully saturated rings. The highest BCUT2D eigenvalue weighted by molar-refractivity contribution is 7.13. The van der Waals surface area contributed by atoms with Crippen LogP contribution in [-0.4, -0.2) is 41.5 Å². The molecule has 2 N–H and O–H groups in total. The molecule has 2 atom stereocenters. The van der Waals surface area contributed by atoms with E-state index in [9.17, 15) is 4.79 Å². The van der Waals surface area contributed by atoms with Crippen molar-refractivity contribution in [3.05, 3.63) is 11.1 Å². The van der Waals surface area contributed by atoms with Gasteiger partial charge in [0.15, 0.2) is 5.13 Å². The molecule has 1 amide bonds. The summed E-state index contributed by atoms with van der Waals surface area (Å²) in [7, 11) is 0. The summed E-state index contributed by atoms with van der Waals surface area (Å²) in [6.07, 6.45) is 5.77. The van der Waals surface area contributed by atoms with E-state index in [1.54, 1.807) is 11.3 Å². The first kappa shape index (κ1) is 15.9. The van der Waals surface area contributed by atoms with Crippen LogP contribution in [0.3, 0.4) is 0 Å². The van der Waals surface area contributed by atoms with Crippen molar-refractivity contribution in [2.75, 3.05) is 25.0 Å². The van der Waals surface area contributed by atoms with Crippen molar-refractivity contribution in [2.45, 2.75) is 51.6 Å². The maximum absolute atomic E-state index is 12.3. The van der Waals surface area contributed by atoms with Crippen molar-refractivity contribution in [3.63, 3.8) is 0 Å². The normalized spacial score (nSPS) is 26.8. The minimum absolute atomic E-state index is 0.116. The summed E-state index contributed by atoms with van der Waals surface area (Å²) >= 11 is 1.55. The lowest BCUT2D eigenvalue weighted by Crippen LogP contribution is -2.40. The third-order valence-corrected chi connectivity index (χ3v) is 5.42. The molecule has 0 bridgehead atoms. The zero-order valence-corrected chi connectivity index (χ0v) is 14.1. The molecular weight excluding hydrogens is 296 g/mol. The molecule has 22 heavy (non-hydrogen) atoms. The lowest BCUT2D eigenvalue weighted by molar-refractivity contribution is -0.120. The van der Waals surface area contributed by atoms with Gasteiger partial charge in [0.1, 0.15) is 0 Å². The molecule has 122 valence electrons. The molecule has 0 radical (unpaired) electrons. The van der Waals surface area contributed by atoms with Gasteiger partial charge in [-0.05, 0) is 52.2 Å². The van der Waals surface area contributed by atoms with Crippen LogP contribution in [0.2, 0.25) is 0 Å². The fourth-order valence-corrected chi connectivity index (χ4v) is 4.07. The van der Waals surface area contributed by atoms with Gasteiger partial charge in [-0.3, -0.25) is 9.69 Å². The van der Waals surface area contributed by atoms with Gasteiger partial charge in [-0.15, -0.1) is 11.3 Å². The summed E-state index contributed by atoms with van der Waals surface area (Å²) in [4.78, 5) is 19.4. The van der Waals surface area contributed by atoms with Crippen LogP contribution in [0.4, 0.5) is 5.13 Å². The Morgan fingerprint density at radius 1 is 1.45 bits per heavy atom. The van der Waals surface area contributed by atoms with E-state index in [1.807, 2.05) is 0 Å². The lowest BCUT2D eigenvalue weighted by Gasteiger charge is -2.26. The molecule has 0 saturated carbocycles. The number of hydrogen-bond donors (Lipinski definition) is 2. The van der Waals surface area contributed by atoms with Gasteiger partial charge in [0.2, 0.25) is 5.91 Å². The van der Waals surface area contributed by atoms with Gasteiger partial charge in [-0.25, -0.2) is 4.98 Å². The number of aromatic nitrogens is 1. The molecule has 2 aliphatic heterocycles. The molecule has 0 aliphatic carbocycles. The SMILES string of the molecule is C[C@H]1C[C@@H](C(=O)Nc2nc(CN3CCCCC3)cs2)CCN1. The fourth-order valence-electron chi connectivity index (χ4n) is 3.36. The van der Waals surface area contributed by atoms with E-state index in [-0.39, 0.29) is 11.8 Å². The third kappa shape index (κ3) is 4.27. The number of carbonyl (C=O) groups is 1. The van der Waals surface area contributed by atoms with Crippen LogP contribution >= 0.6 is 11.3 Å². The monoisotopic (exact) mass is 322 g/mol. The van der Waals surface area contributed by atoms with Crippen molar-refractivity contribution >= 4 is 22.4 Å². The van der Waals surface area contributed by atoms with Crippen molar-refractivity contribution < 1.29 is 4.79 Å². The number of hydrogen-bond acceptors (Lipinski definition) is 5. The number of nitrogens with zero attached hydrogens (tertiary/aromatic N) is 2. The molecule has 0 aromatic carbocycles. The molecule has 1 aromatic rings. The first-order valence-corrected chi connectivity index (χ1v) is 9.29. The molecular formula is C16H26N4OS. The number of amides is 1. The van der Waals surface area contributed by atoms with Crippen molar-refractivity contribution in [2.24, 2.45) is 5.92 Å². The number of piperidine rings is 2. The predicted octanol–water partition coefficient (Wildman–Crippen LogP) is 2.46. The number of thiazole rings is 1. The zero-order valence-electron chi connectivity index (χ0n) is 13.3. The summed E-state index contributed by atoms with van der Waals surface area (Å²) in [6.45, 7) is 6.33. The Kier molecular flexibility index (Phi) is 5.44.